The fourth-order valence-corrected chi connectivity index (χ4v) is 4.27. The zero-order chi connectivity index (χ0) is 20.0. The van der Waals surface area contributed by atoms with Crippen LogP contribution in [0.1, 0.15) is 27.2 Å². The maximum atomic E-state index is 12.9. The lowest BCUT2D eigenvalue weighted by molar-refractivity contribution is 0.361. The summed E-state index contributed by atoms with van der Waals surface area (Å²) < 4.78 is 6.14. The molecule has 0 fully saturated rings. The molecule has 2 heterocycles. The van der Waals surface area contributed by atoms with E-state index in [1.54, 1.807) is 25.5 Å². The van der Waals surface area contributed by atoms with Crippen LogP contribution in [0.25, 0.3) is 21.9 Å². The van der Waals surface area contributed by atoms with Crippen LogP contribution < -0.4 is 16.0 Å². The van der Waals surface area contributed by atoms with Crippen molar-refractivity contribution in [1.82, 2.24) is 14.6 Å². The van der Waals surface area contributed by atoms with Gasteiger partial charge in [0.2, 0.25) is 0 Å². The SMILES string of the molecule is COc1ccc2[nH]c3c(=O)n(/N=C\[C@H]4[C@H](C)C=C(C)C[C@@H]4C)c(=O)[nH]c3c2c1. The van der Waals surface area contributed by atoms with Crippen molar-refractivity contribution in [3.8, 4) is 5.75 Å². The maximum Gasteiger partial charge on any atom is 0.350 e. The van der Waals surface area contributed by atoms with Gasteiger partial charge < -0.3 is 14.7 Å². The topological polar surface area (TPSA) is 92.2 Å². The predicted molar refractivity (Wildman–Crippen MR) is 111 cm³/mol. The summed E-state index contributed by atoms with van der Waals surface area (Å²) in [6.07, 6.45) is 4.97. The minimum Gasteiger partial charge on any atom is -0.497 e. The van der Waals surface area contributed by atoms with E-state index >= 15 is 0 Å². The van der Waals surface area contributed by atoms with Crippen LogP contribution in [0.5, 0.6) is 5.75 Å². The Labute approximate surface area is 161 Å². The molecule has 3 aromatic rings. The lowest BCUT2D eigenvalue weighted by atomic mass is 9.76. The molecule has 3 atom stereocenters. The van der Waals surface area contributed by atoms with Gasteiger partial charge in [-0.3, -0.25) is 4.79 Å². The molecule has 2 N–H and O–H groups in total. The second-order valence-corrected chi connectivity index (χ2v) is 7.73. The third-order valence-electron chi connectivity index (χ3n) is 5.65. The largest absolute Gasteiger partial charge is 0.497 e. The van der Waals surface area contributed by atoms with E-state index < -0.39 is 11.2 Å². The second-order valence-electron chi connectivity index (χ2n) is 7.73. The second kappa shape index (κ2) is 6.82. The number of nitrogens with zero attached hydrogens (tertiary/aromatic N) is 2. The summed E-state index contributed by atoms with van der Waals surface area (Å²) in [7, 11) is 1.57. The third kappa shape index (κ3) is 2.96. The van der Waals surface area contributed by atoms with Gasteiger partial charge in [0.15, 0.2) is 0 Å². The molecule has 0 saturated carbocycles. The number of aromatic amines is 2. The van der Waals surface area contributed by atoms with Crippen LogP contribution in [-0.4, -0.2) is 28.0 Å². The zero-order valence-electron chi connectivity index (χ0n) is 16.4. The average Bonchev–Trinajstić information content (AvgIpc) is 3.01. The molecule has 1 aromatic carbocycles. The molecule has 0 unspecified atom stereocenters. The highest BCUT2D eigenvalue weighted by molar-refractivity contribution is 6.04. The Hall–Kier alpha value is -3.09. The van der Waals surface area contributed by atoms with E-state index in [1.807, 2.05) is 6.07 Å². The Morgan fingerprint density at radius 3 is 2.71 bits per heavy atom. The molecule has 0 aliphatic heterocycles. The van der Waals surface area contributed by atoms with E-state index in [1.165, 1.54) is 5.57 Å². The monoisotopic (exact) mass is 380 g/mol. The maximum absolute atomic E-state index is 12.9. The Bertz CT molecular complexity index is 1230. The van der Waals surface area contributed by atoms with Gasteiger partial charge in [-0.15, -0.1) is 4.68 Å². The Balaban J connectivity index is 1.81. The molecule has 7 heteroatoms. The molecule has 4 rings (SSSR count). The van der Waals surface area contributed by atoms with Crippen molar-refractivity contribution in [2.45, 2.75) is 27.2 Å². The molecule has 2 aromatic heterocycles. The van der Waals surface area contributed by atoms with Crippen LogP contribution in [0.4, 0.5) is 0 Å². The minimum atomic E-state index is -0.555. The standard InChI is InChI=1S/C21H24N4O3/c1-11-7-12(2)16(13(3)8-11)10-22-25-20(26)19-18(24-21(25)27)15-9-14(28-4)5-6-17(15)23-19/h5-7,9-10,12-13,16,23H,8H2,1-4H3,(H,24,27)/b22-10-/t12-,13+,16+/m1/s1. The quantitative estimate of drug-likeness (QED) is 0.540. The molecule has 1 aliphatic carbocycles. The number of H-pyrrole nitrogens is 2. The number of hydrogen-bond donors (Lipinski definition) is 2. The first-order valence-electron chi connectivity index (χ1n) is 9.45. The average molecular weight is 380 g/mol. The Kier molecular flexibility index (Phi) is 4.45. The Morgan fingerprint density at radius 1 is 1.21 bits per heavy atom. The number of ether oxygens (including phenoxy) is 1. The summed E-state index contributed by atoms with van der Waals surface area (Å²) in [4.78, 5) is 31.4. The first-order valence-corrected chi connectivity index (χ1v) is 9.45. The molecule has 146 valence electrons. The number of fused-ring (bicyclic) bond motifs is 3. The van der Waals surface area contributed by atoms with Gasteiger partial charge >= 0.3 is 11.2 Å². The number of allylic oxidation sites excluding steroid dienone is 2. The van der Waals surface area contributed by atoms with Crippen LogP contribution in [0.15, 0.2) is 44.5 Å². The van der Waals surface area contributed by atoms with E-state index in [9.17, 15) is 9.59 Å². The highest BCUT2D eigenvalue weighted by Crippen LogP contribution is 2.32. The van der Waals surface area contributed by atoms with Gasteiger partial charge in [0.25, 0.3) is 0 Å². The summed E-state index contributed by atoms with van der Waals surface area (Å²) >= 11 is 0. The summed E-state index contributed by atoms with van der Waals surface area (Å²) in [5, 5.41) is 5.00. The van der Waals surface area contributed by atoms with Crippen molar-refractivity contribution in [1.29, 1.82) is 0 Å². The normalized spacial score (nSPS) is 22.9. The smallest absolute Gasteiger partial charge is 0.350 e. The third-order valence-corrected chi connectivity index (χ3v) is 5.65. The summed E-state index contributed by atoms with van der Waals surface area (Å²) in [6, 6.07) is 5.41. The van der Waals surface area contributed by atoms with Crippen molar-refractivity contribution >= 4 is 28.2 Å². The fourth-order valence-electron chi connectivity index (χ4n) is 4.27. The molecular formula is C21H24N4O3. The number of nitrogens with one attached hydrogen (secondary N) is 2. The van der Waals surface area contributed by atoms with Gasteiger partial charge in [-0.2, -0.15) is 5.10 Å². The van der Waals surface area contributed by atoms with Crippen LogP contribution in [0.3, 0.4) is 0 Å². The van der Waals surface area contributed by atoms with Gasteiger partial charge in [0, 0.05) is 23.0 Å². The fraction of sp³-hybridized carbons (Fsp3) is 0.381. The van der Waals surface area contributed by atoms with Crippen LogP contribution in [0.2, 0.25) is 0 Å². The van der Waals surface area contributed by atoms with E-state index in [0.29, 0.717) is 28.6 Å². The number of methoxy groups -OCH3 is 1. The lowest BCUT2D eigenvalue weighted by Gasteiger charge is -2.29. The highest BCUT2D eigenvalue weighted by Gasteiger charge is 2.25. The molecular weight excluding hydrogens is 356 g/mol. The number of benzene rings is 1. The lowest BCUT2D eigenvalue weighted by Crippen LogP contribution is -2.33. The van der Waals surface area contributed by atoms with Crippen molar-refractivity contribution in [2.75, 3.05) is 7.11 Å². The van der Waals surface area contributed by atoms with Gasteiger partial charge in [-0.25, -0.2) is 4.79 Å². The number of hydrogen-bond acceptors (Lipinski definition) is 4. The van der Waals surface area contributed by atoms with E-state index in [4.69, 9.17) is 4.74 Å². The first kappa shape index (κ1) is 18.3. The summed E-state index contributed by atoms with van der Waals surface area (Å²) in [5.74, 6) is 1.55. The van der Waals surface area contributed by atoms with Gasteiger partial charge in [0.05, 0.1) is 12.6 Å². The van der Waals surface area contributed by atoms with Gasteiger partial charge in [0.1, 0.15) is 11.3 Å². The number of aromatic nitrogens is 3. The molecule has 0 saturated heterocycles. The van der Waals surface area contributed by atoms with Crippen molar-refractivity contribution in [3.63, 3.8) is 0 Å². The zero-order valence-corrected chi connectivity index (χ0v) is 16.4. The molecule has 7 nitrogen and oxygen atoms in total. The van der Waals surface area contributed by atoms with Crippen molar-refractivity contribution in [2.24, 2.45) is 22.9 Å². The van der Waals surface area contributed by atoms with Crippen molar-refractivity contribution in [3.05, 3.63) is 50.7 Å². The van der Waals surface area contributed by atoms with Crippen molar-refractivity contribution < 1.29 is 4.74 Å². The molecule has 0 bridgehead atoms. The van der Waals surface area contributed by atoms with Gasteiger partial charge in [-0.05, 0) is 43.4 Å². The van der Waals surface area contributed by atoms with Crippen LogP contribution in [-0.2, 0) is 0 Å². The summed E-state index contributed by atoms with van der Waals surface area (Å²) in [5.41, 5.74) is 1.89. The highest BCUT2D eigenvalue weighted by atomic mass is 16.5. The van der Waals surface area contributed by atoms with E-state index in [2.05, 4.69) is 41.9 Å². The van der Waals surface area contributed by atoms with Gasteiger partial charge in [-0.1, -0.05) is 25.5 Å². The molecule has 28 heavy (non-hydrogen) atoms. The Morgan fingerprint density at radius 2 is 2.00 bits per heavy atom. The van der Waals surface area contributed by atoms with Crippen LogP contribution in [0, 0.1) is 17.8 Å². The molecule has 0 amide bonds. The molecule has 0 radical (unpaired) electrons. The molecule has 0 spiro atoms. The molecule has 1 aliphatic rings. The van der Waals surface area contributed by atoms with E-state index in [-0.39, 0.29) is 5.92 Å². The minimum absolute atomic E-state index is 0.178. The van der Waals surface area contributed by atoms with Crippen LogP contribution >= 0.6 is 0 Å². The predicted octanol–water partition coefficient (Wildman–Crippen LogP) is 3.25. The first-order chi connectivity index (χ1) is 13.4. The summed E-state index contributed by atoms with van der Waals surface area (Å²) in [6.45, 7) is 6.44. The number of rotatable bonds is 3. The van der Waals surface area contributed by atoms with E-state index in [0.717, 1.165) is 22.0 Å².